The number of hydrogen-bond acceptors (Lipinski definition) is 4. The van der Waals surface area contributed by atoms with Crippen molar-refractivity contribution in [2.75, 3.05) is 30.2 Å². The van der Waals surface area contributed by atoms with Crippen molar-refractivity contribution in [3.05, 3.63) is 29.8 Å². The maximum atomic E-state index is 12.2. The van der Waals surface area contributed by atoms with Gasteiger partial charge in [-0.15, -0.1) is 0 Å². The van der Waals surface area contributed by atoms with Crippen LogP contribution in [0.1, 0.15) is 38.3 Å². The second kappa shape index (κ2) is 6.98. The Morgan fingerprint density at radius 2 is 2.05 bits per heavy atom. The Morgan fingerprint density at radius 3 is 2.64 bits per heavy atom. The molecule has 0 aliphatic carbocycles. The Bertz CT molecular complexity index is 603. The quantitative estimate of drug-likeness (QED) is 0.868. The standard InChI is InChI=1S/C16H26N2O3S/c1-4-14(19)12-17(3)13(2)15-8-5-6-9-16(15)18-10-7-11-22(18,20)21/h5-6,8-9,13-14,19H,4,7,10-12H2,1-3H3/t13-,14-/m0/s1. The van der Waals surface area contributed by atoms with Gasteiger partial charge in [0.15, 0.2) is 0 Å². The third-order valence-corrected chi connectivity index (χ3v) is 6.24. The maximum absolute atomic E-state index is 12.2. The Kier molecular flexibility index (Phi) is 5.47. The fourth-order valence-corrected chi connectivity index (χ4v) is 4.42. The Hall–Kier alpha value is -1.11. The molecule has 6 heteroatoms. The highest BCUT2D eigenvalue weighted by Gasteiger charge is 2.31. The number of benzene rings is 1. The number of rotatable bonds is 6. The average molecular weight is 326 g/mol. The third-order valence-electron chi connectivity index (χ3n) is 4.39. The Morgan fingerprint density at radius 1 is 1.36 bits per heavy atom. The van der Waals surface area contributed by atoms with Gasteiger partial charge in [-0.25, -0.2) is 8.42 Å². The SMILES string of the molecule is CC[C@H](O)CN(C)[C@@H](C)c1ccccc1N1CCCS1(=O)=O. The molecule has 1 fully saturated rings. The minimum absolute atomic E-state index is 0.0354. The Labute approximate surface area is 133 Å². The Balaban J connectivity index is 2.28. The summed E-state index contributed by atoms with van der Waals surface area (Å²) in [6, 6.07) is 7.69. The molecule has 1 aromatic carbocycles. The van der Waals surface area contributed by atoms with Gasteiger partial charge in [0.1, 0.15) is 0 Å². The molecule has 0 spiro atoms. The molecular weight excluding hydrogens is 300 g/mol. The van der Waals surface area contributed by atoms with Crippen LogP contribution in [-0.2, 0) is 10.0 Å². The fraction of sp³-hybridized carbons (Fsp3) is 0.625. The van der Waals surface area contributed by atoms with Crippen molar-refractivity contribution in [2.45, 2.75) is 38.8 Å². The van der Waals surface area contributed by atoms with E-state index in [1.165, 1.54) is 4.31 Å². The largest absolute Gasteiger partial charge is 0.392 e. The lowest BCUT2D eigenvalue weighted by Gasteiger charge is -2.30. The lowest BCUT2D eigenvalue weighted by atomic mass is 10.0. The molecule has 1 aromatic rings. The molecule has 0 aromatic heterocycles. The zero-order valence-electron chi connectivity index (χ0n) is 13.6. The van der Waals surface area contributed by atoms with Crippen LogP contribution in [0.4, 0.5) is 5.69 Å². The van der Waals surface area contributed by atoms with E-state index in [4.69, 9.17) is 0 Å². The van der Waals surface area contributed by atoms with Gasteiger partial charge in [-0.05, 0) is 38.4 Å². The molecule has 0 amide bonds. The number of nitrogens with zero attached hydrogens (tertiary/aromatic N) is 2. The van der Waals surface area contributed by atoms with Gasteiger partial charge >= 0.3 is 0 Å². The van der Waals surface area contributed by atoms with E-state index < -0.39 is 10.0 Å². The zero-order chi connectivity index (χ0) is 16.3. The van der Waals surface area contributed by atoms with Crippen molar-refractivity contribution in [3.63, 3.8) is 0 Å². The second-order valence-corrected chi connectivity index (χ2v) is 7.99. The molecule has 1 saturated heterocycles. The predicted molar refractivity (Wildman–Crippen MR) is 89.5 cm³/mol. The van der Waals surface area contributed by atoms with E-state index in [1.54, 1.807) is 0 Å². The molecule has 0 radical (unpaired) electrons. The first-order chi connectivity index (χ1) is 10.4. The van der Waals surface area contributed by atoms with Gasteiger partial charge in [0.25, 0.3) is 0 Å². The van der Waals surface area contributed by atoms with Crippen LogP contribution in [0.3, 0.4) is 0 Å². The molecule has 1 N–H and O–H groups in total. The van der Waals surface area contributed by atoms with Gasteiger partial charge in [0.2, 0.25) is 10.0 Å². The summed E-state index contributed by atoms with van der Waals surface area (Å²) in [6.07, 6.45) is 1.02. The minimum Gasteiger partial charge on any atom is -0.392 e. The van der Waals surface area contributed by atoms with Crippen molar-refractivity contribution in [2.24, 2.45) is 0 Å². The van der Waals surface area contributed by atoms with Crippen molar-refractivity contribution >= 4 is 15.7 Å². The summed E-state index contributed by atoms with van der Waals surface area (Å²) in [5.41, 5.74) is 1.75. The van der Waals surface area contributed by atoms with Crippen LogP contribution in [0.2, 0.25) is 0 Å². The van der Waals surface area contributed by atoms with Crippen molar-refractivity contribution in [1.82, 2.24) is 4.90 Å². The monoisotopic (exact) mass is 326 g/mol. The van der Waals surface area contributed by atoms with Crippen LogP contribution < -0.4 is 4.31 Å². The smallest absolute Gasteiger partial charge is 0.235 e. The summed E-state index contributed by atoms with van der Waals surface area (Å²) < 4.78 is 25.9. The molecule has 22 heavy (non-hydrogen) atoms. The van der Waals surface area contributed by atoms with E-state index in [0.29, 0.717) is 25.9 Å². The van der Waals surface area contributed by atoms with Gasteiger partial charge in [-0.1, -0.05) is 25.1 Å². The van der Waals surface area contributed by atoms with E-state index >= 15 is 0 Å². The van der Waals surface area contributed by atoms with Gasteiger partial charge in [0, 0.05) is 19.1 Å². The second-order valence-electron chi connectivity index (χ2n) is 5.98. The summed E-state index contributed by atoms with van der Waals surface area (Å²) >= 11 is 0. The summed E-state index contributed by atoms with van der Waals surface area (Å²) in [5.74, 6) is 0.222. The van der Waals surface area contributed by atoms with Crippen LogP contribution in [-0.4, -0.2) is 50.4 Å². The first kappa shape index (κ1) is 17.2. The van der Waals surface area contributed by atoms with E-state index in [0.717, 1.165) is 11.3 Å². The van der Waals surface area contributed by atoms with Crippen molar-refractivity contribution in [3.8, 4) is 0 Å². The number of hydrogen-bond donors (Lipinski definition) is 1. The highest BCUT2D eigenvalue weighted by molar-refractivity contribution is 7.93. The number of para-hydroxylation sites is 1. The molecule has 2 atom stereocenters. The lowest BCUT2D eigenvalue weighted by molar-refractivity contribution is 0.105. The van der Waals surface area contributed by atoms with Crippen LogP contribution >= 0.6 is 0 Å². The van der Waals surface area contributed by atoms with Crippen LogP contribution in [0.15, 0.2) is 24.3 Å². The molecule has 0 unspecified atom stereocenters. The van der Waals surface area contributed by atoms with E-state index in [-0.39, 0.29) is 17.9 Å². The number of aliphatic hydroxyl groups excluding tert-OH is 1. The highest BCUT2D eigenvalue weighted by atomic mass is 32.2. The molecule has 1 heterocycles. The molecule has 5 nitrogen and oxygen atoms in total. The molecule has 2 rings (SSSR count). The number of sulfonamides is 1. The molecule has 0 saturated carbocycles. The minimum atomic E-state index is -3.18. The molecular formula is C16H26N2O3S. The molecule has 1 aliphatic heterocycles. The van der Waals surface area contributed by atoms with Gasteiger partial charge in [-0.2, -0.15) is 0 Å². The highest BCUT2D eigenvalue weighted by Crippen LogP contribution is 2.33. The van der Waals surface area contributed by atoms with Gasteiger partial charge < -0.3 is 5.11 Å². The van der Waals surface area contributed by atoms with Gasteiger partial charge in [0.05, 0.1) is 17.5 Å². The summed E-state index contributed by atoms with van der Waals surface area (Å²) in [5, 5.41) is 9.84. The maximum Gasteiger partial charge on any atom is 0.235 e. The molecule has 1 aliphatic rings. The summed E-state index contributed by atoms with van der Waals surface area (Å²) in [6.45, 7) is 5.12. The molecule has 0 bridgehead atoms. The number of likely N-dealkylation sites (N-methyl/N-ethyl adjacent to an activating group) is 1. The average Bonchev–Trinajstić information content (AvgIpc) is 2.85. The van der Waals surface area contributed by atoms with Crippen LogP contribution in [0.5, 0.6) is 0 Å². The molecule has 124 valence electrons. The predicted octanol–water partition coefficient (Wildman–Crippen LogP) is 1.99. The van der Waals surface area contributed by atoms with E-state index in [9.17, 15) is 13.5 Å². The number of anilines is 1. The normalized spacial score (nSPS) is 20.3. The summed E-state index contributed by atoms with van der Waals surface area (Å²) in [4.78, 5) is 2.07. The van der Waals surface area contributed by atoms with Gasteiger partial charge in [-0.3, -0.25) is 9.21 Å². The third kappa shape index (κ3) is 3.62. The zero-order valence-corrected chi connectivity index (χ0v) is 14.4. The van der Waals surface area contributed by atoms with Crippen LogP contribution in [0, 0.1) is 0 Å². The number of aliphatic hydroxyl groups is 1. The van der Waals surface area contributed by atoms with Crippen molar-refractivity contribution in [1.29, 1.82) is 0 Å². The van der Waals surface area contributed by atoms with Crippen LogP contribution in [0.25, 0.3) is 0 Å². The van der Waals surface area contributed by atoms with E-state index in [2.05, 4.69) is 4.90 Å². The lowest BCUT2D eigenvalue weighted by Crippen LogP contribution is -2.33. The summed E-state index contributed by atoms with van der Waals surface area (Å²) in [7, 11) is -1.23. The first-order valence-corrected chi connectivity index (χ1v) is 9.45. The topological polar surface area (TPSA) is 60.9 Å². The fourth-order valence-electron chi connectivity index (χ4n) is 2.84. The van der Waals surface area contributed by atoms with Crippen molar-refractivity contribution < 1.29 is 13.5 Å². The van der Waals surface area contributed by atoms with E-state index in [1.807, 2.05) is 45.2 Å². The first-order valence-electron chi connectivity index (χ1n) is 7.84.